The monoisotopic (exact) mass is 294 g/mol. The van der Waals surface area contributed by atoms with Crippen LogP contribution < -0.4 is 5.11 Å². The summed E-state index contributed by atoms with van der Waals surface area (Å²) in [7, 11) is 1.14. The summed E-state index contributed by atoms with van der Waals surface area (Å²) in [4.78, 5) is 9.81. The van der Waals surface area contributed by atoms with Gasteiger partial charge in [-0.3, -0.25) is 0 Å². The summed E-state index contributed by atoms with van der Waals surface area (Å²) in [5, 5.41) is 9.81. The predicted molar refractivity (Wildman–Crippen MR) is 81.4 cm³/mol. The molecule has 0 amide bonds. The Bertz CT molecular complexity index is 188. The summed E-state index contributed by atoms with van der Waals surface area (Å²) >= 11 is 0. The SMILES string of the molecule is CC[P+](CC)(CC)CC.COCCOCCC(=O)[O-]. The van der Waals surface area contributed by atoms with Gasteiger partial charge in [0, 0.05) is 26.8 Å². The van der Waals surface area contributed by atoms with Gasteiger partial charge in [-0.05, 0) is 27.7 Å². The fraction of sp³-hybridized carbons (Fsp3) is 0.929. The Morgan fingerprint density at radius 3 is 1.68 bits per heavy atom. The van der Waals surface area contributed by atoms with Crippen LogP contribution in [0, 0.1) is 0 Å². The van der Waals surface area contributed by atoms with Gasteiger partial charge in [-0.1, -0.05) is 0 Å². The topological polar surface area (TPSA) is 58.6 Å². The molecular weight excluding hydrogens is 263 g/mol. The predicted octanol–water partition coefficient (Wildman–Crippen LogP) is 1.87. The molecule has 0 saturated carbocycles. The Labute approximate surface area is 119 Å². The summed E-state index contributed by atoms with van der Waals surface area (Å²) in [6.45, 7) is 10.5. The number of hydrogen-bond acceptors (Lipinski definition) is 4. The smallest absolute Gasteiger partial charge is 0.0700 e. The number of carboxylic acid groups (broad SMARTS) is 1. The van der Waals surface area contributed by atoms with Crippen LogP contribution in [0.1, 0.15) is 34.1 Å². The zero-order chi connectivity index (χ0) is 15.1. The van der Waals surface area contributed by atoms with Gasteiger partial charge in [0.1, 0.15) is 0 Å². The quantitative estimate of drug-likeness (QED) is 0.456. The molecule has 19 heavy (non-hydrogen) atoms. The number of methoxy groups -OCH3 is 1. The minimum absolute atomic E-state index is 0.0519. The number of aliphatic carboxylic acids is 1. The molecule has 0 unspecified atom stereocenters. The second-order valence-electron chi connectivity index (χ2n) is 4.33. The van der Waals surface area contributed by atoms with Gasteiger partial charge in [0.15, 0.2) is 0 Å². The first kappa shape index (κ1) is 21.1. The van der Waals surface area contributed by atoms with E-state index >= 15 is 0 Å². The third kappa shape index (κ3) is 12.6. The van der Waals surface area contributed by atoms with Crippen molar-refractivity contribution in [3.63, 3.8) is 0 Å². The highest BCUT2D eigenvalue weighted by molar-refractivity contribution is 7.75. The van der Waals surface area contributed by atoms with Crippen LogP contribution in [-0.4, -0.2) is 57.5 Å². The van der Waals surface area contributed by atoms with Crippen molar-refractivity contribution in [2.75, 3.05) is 51.6 Å². The van der Waals surface area contributed by atoms with E-state index in [1.165, 1.54) is 24.6 Å². The first-order valence-corrected chi connectivity index (χ1v) is 9.66. The van der Waals surface area contributed by atoms with Crippen LogP contribution in [0.3, 0.4) is 0 Å². The Morgan fingerprint density at radius 1 is 0.947 bits per heavy atom. The van der Waals surface area contributed by atoms with Crippen molar-refractivity contribution in [3.8, 4) is 0 Å². The van der Waals surface area contributed by atoms with Crippen molar-refractivity contribution in [1.29, 1.82) is 0 Å². The first-order valence-electron chi connectivity index (χ1n) is 7.13. The van der Waals surface area contributed by atoms with Gasteiger partial charge in [-0.2, -0.15) is 0 Å². The van der Waals surface area contributed by atoms with E-state index in [9.17, 15) is 9.90 Å². The fourth-order valence-corrected chi connectivity index (χ4v) is 4.42. The molecule has 0 rings (SSSR count). The highest BCUT2D eigenvalue weighted by Gasteiger charge is 2.27. The zero-order valence-corrected chi connectivity index (χ0v) is 14.1. The molecule has 5 heteroatoms. The van der Waals surface area contributed by atoms with Crippen molar-refractivity contribution < 1.29 is 19.4 Å². The number of carbonyl (C=O) groups excluding carboxylic acids is 1. The lowest BCUT2D eigenvalue weighted by atomic mass is 10.5. The van der Waals surface area contributed by atoms with Gasteiger partial charge in [0.2, 0.25) is 0 Å². The summed E-state index contributed by atoms with van der Waals surface area (Å²) in [6.07, 6.45) is 5.77. The summed E-state index contributed by atoms with van der Waals surface area (Å²) in [5.74, 6) is -1.09. The van der Waals surface area contributed by atoms with Crippen LogP contribution in [-0.2, 0) is 14.3 Å². The third-order valence-corrected chi connectivity index (χ3v) is 8.93. The molecule has 0 aliphatic carbocycles. The highest BCUT2D eigenvalue weighted by atomic mass is 31.2. The number of ether oxygens (including phenoxy) is 2. The number of carboxylic acids is 1. The van der Waals surface area contributed by atoms with Crippen LogP contribution in [0.2, 0.25) is 0 Å². The average molecular weight is 294 g/mol. The number of carbonyl (C=O) groups is 1. The summed E-state index contributed by atoms with van der Waals surface area (Å²) in [5.41, 5.74) is 0. The van der Waals surface area contributed by atoms with E-state index in [0.717, 1.165) is 0 Å². The Morgan fingerprint density at radius 2 is 1.42 bits per heavy atom. The number of rotatable bonds is 10. The van der Waals surface area contributed by atoms with E-state index in [2.05, 4.69) is 32.4 Å². The molecule has 0 N–H and O–H groups in total. The largest absolute Gasteiger partial charge is 0.550 e. The lowest BCUT2D eigenvalue weighted by Crippen LogP contribution is -2.23. The highest BCUT2D eigenvalue weighted by Crippen LogP contribution is 2.57. The van der Waals surface area contributed by atoms with E-state index in [4.69, 9.17) is 4.74 Å². The molecule has 116 valence electrons. The van der Waals surface area contributed by atoms with E-state index in [0.29, 0.717) is 13.2 Å². The van der Waals surface area contributed by atoms with Crippen LogP contribution >= 0.6 is 7.26 Å². The molecule has 0 aromatic carbocycles. The van der Waals surface area contributed by atoms with Crippen molar-refractivity contribution in [3.05, 3.63) is 0 Å². The van der Waals surface area contributed by atoms with E-state index < -0.39 is 13.2 Å². The van der Waals surface area contributed by atoms with Crippen LogP contribution in [0.15, 0.2) is 0 Å². The van der Waals surface area contributed by atoms with Crippen LogP contribution in [0.25, 0.3) is 0 Å². The standard InChI is InChI=1S/C8H20P.C6H12O4/c1-5-9(6-2,7-3)8-4;1-9-4-5-10-3-2-6(7)8/h5-8H2,1-4H3;2-5H2,1H3,(H,7,8)/q+1;/p-1. The Kier molecular flexibility index (Phi) is 15.8. The van der Waals surface area contributed by atoms with Gasteiger partial charge in [-0.25, -0.2) is 0 Å². The maximum absolute atomic E-state index is 9.81. The molecule has 0 aromatic heterocycles. The van der Waals surface area contributed by atoms with E-state index in [1.54, 1.807) is 7.11 Å². The molecule has 0 saturated heterocycles. The van der Waals surface area contributed by atoms with Gasteiger partial charge in [-0.15, -0.1) is 0 Å². The van der Waals surface area contributed by atoms with Gasteiger partial charge >= 0.3 is 0 Å². The minimum Gasteiger partial charge on any atom is -0.550 e. The molecule has 0 bridgehead atoms. The maximum atomic E-state index is 9.81. The van der Waals surface area contributed by atoms with Crippen LogP contribution in [0.4, 0.5) is 0 Å². The van der Waals surface area contributed by atoms with E-state index in [-0.39, 0.29) is 13.0 Å². The normalized spacial score (nSPS) is 10.8. The second kappa shape index (κ2) is 14.2. The van der Waals surface area contributed by atoms with Gasteiger partial charge in [0.05, 0.1) is 44.5 Å². The van der Waals surface area contributed by atoms with Gasteiger partial charge in [0.25, 0.3) is 0 Å². The average Bonchev–Trinajstić information content (AvgIpc) is 2.42. The Balaban J connectivity index is 0. The van der Waals surface area contributed by atoms with Crippen LogP contribution in [0.5, 0.6) is 0 Å². The lowest BCUT2D eigenvalue weighted by molar-refractivity contribution is -0.306. The van der Waals surface area contributed by atoms with Crippen molar-refractivity contribution in [2.24, 2.45) is 0 Å². The zero-order valence-electron chi connectivity index (χ0n) is 13.2. The summed E-state index contributed by atoms with van der Waals surface area (Å²) < 4.78 is 9.50. The lowest BCUT2D eigenvalue weighted by Gasteiger charge is -2.20. The molecule has 0 aliphatic rings. The van der Waals surface area contributed by atoms with Crippen molar-refractivity contribution >= 4 is 13.2 Å². The number of hydrogen-bond donors (Lipinski definition) is 0. The third-order valence-electron chi connectivity index (χ3n) is 3.57. The molecular formula is C14H31O4P. The molecule has 0 radical (unpaired) electrons. The van der Waals surface area contributed by atoms with Gasteiger partial charge < -0.3 is 19.4 Å². The molecule has 0 heterocycles. The minimum atomic E-state index is -1.09. The molecule has 0 atom stereocenters. The van der Waals surface area contributed by atoms with Crippen molar-refractivity contribution in [1.82, 2.24) is 0 Å². The van der Waals surface area contributed by atoms with E-state index in [1.807, 2.05) is 0 Å². The molecule has 0 spiro atoms. The molecule has 0 aliphatic heterocycles. The molecule has 0 aromatic rings. The Hall–Kier alpha value is -0.180. The van der Waals surface area contributed by atoms with Crippen molar-refractivity contribution in [2.45, 2.75) is 34.1 Å². The molecule has 4 nitrogen and oxygen atoms in total. The maximum Gasteiger partial charge on any atom is 0.0700 e. The fourth-order valence-electron chi connectivity index (χ4n) is 1.74. The molecule has 0 fully saturated rings. The second-order valence-corrected chi connectivity index (χ2v) is 9.55. The first-order chi connectivity index (χ1) is 9.01. The summed E-state index contributed by atoms with van der Waals surface area (Å²) in [6, 6.07) is 0.